The van der Waals surface area contributed by atoms with Gasteiger partial charge in [-0.15, -0.1) is 0 Å². The third-order valence-corrected chi connectivity index (χ3v) is 3.52. The average molecular weight is 377 g/mol. The summed E-state index contributed by atoms with van der Waals surface area (Å²) < 4.78 is 5.29. The molecular formula is C13H8BrCl2NO3. The van der Waals surface area contributed by atoms with Crippen LogP contribution in [0.2, 0.25) is 0 Å². The Hall–Kier alpha value is -1.30. The zero-order valence-corrected chi connectivity index (χ0v) is 13.3. The maximum Gasteiger partial charge on any atom is 0.340 e. The minimum atomic E-state index is -0.674. The highest BCUT2D eigenvalue weighted by atomic mass is 79.9. The summed E-state index contributed by atoms with van der Waals surface area (Å²) in [5.41, 5.74) is 0.690. The van der Waals surface area contributed by atoms with E-state index in [1.807, 2.05) is 0 Å². The van der Waals surface area contributed by atoms with Gasteiger partial charge in [-0.05, 0) is 24.3 Å². The van der Waals surface area contributed by atoms with Crippen molar-refractivity contribution in [3.8, 4) is 0 Å². The molecule has 0 radical (unpaired) electrons. The fourth-order valence-electron chi connectivity index (χ4n) is 1.79. The van der Waals surface area contributed by atoms with Gasteiger partial charge in [0.2, 0.25) is 0 Å². The second kappa shape index (κ2) is 5.99. The van der Waals surface area contributed by atoms with Crippen LogP contribution in [0.3, 0.4) is 0 Å². The molecule has 0 spiro atoms. The molecule has 0 saturated carbocycles. The fourth-order valence-corrected chi connectivity index (χ4v) is 2.42. The first kappa shape index (κ1) is 15.1. The van der Waals surface area contributed by atoms with Crippen LogP contribution in [0.4, 0.5) is 5.69 Å². The summed E-state index contributed by atoms with van der Waals surface area (Å²) in [6.45, 7) is 0. The van der Waals surface area contributed by atoms with Crippen LogP contribution >= 0.6 is 39.1 Å². The highest BCUT2D eigenvalue weighted by molar-refractivity contribution is 9.10. The van der Waals surface area contributed by atoms with Crippen LogP contribution in [0.1, 0.15) is 0 Å². The third kappa shape index (κ3) is 2.75. The molecule has 0 aromatic heterocycles. The number of benzene rings is 1. The molecule has 1 aliphatic heterocycles. The molecule has 1 aromatic rings. The Bertz CT molecular complexity index is 634. The van der Waals surface area contributed by atoms with Gasteiger partial charge >= 0.3 is 5.97 Å². The molecule has 20 heavy (non-hydrogen) atoms. The van der Waals surface area contributed by atoms with Crippen LogP contribution < -0.4 is 4.90 Å². The van der Waals surface area contributed by atoms with Gasteiger partial charge in [-0.1, -0.05) is 39.1 Å². The molecule has 0 N–H and O–H groups in total. The summed E-state index contributed by atoms with van der Waals surface area (Å²) in [6, 6.07) is 6.93. The van der Waals surface area contributed by atoms with Crippen molar-refractivity contribution in [2.24, 2.45) is 0 Å². The number of amides is 1. The molecular weight excluding hydrogens is 369 g/mol. The van der Waals surface area contributed by atoms with Gasteiger partial charge in [0, 0.05) is 16.2 Å². The molecule has 7 heteroatoms. The lowest BCUT2D eigenvalue weighted by molar-refractivity contribution is -0.135. The van der Waals surface area contributed by atoms with E-state index in [0.29, 0.717) is 5.69 Å². The van der Waals surface area contributed by atoms with Crippen molar-refractivity contribution in [3.63, 3.8) is 0 Å². The molecule has 1 amide bonds. The van der Waals surface area contributed by atoms with E-state index in [4.69, 9.17) is 23.2 Å². The molecule has 0 unspecified atom stereocenters. The van der Waals surface area contributed by atoms with E-state index in [2.05, 4.69) is 20.7 Å². The lowest BCUT2D eigenvalue weighted by Crippen LogP contribution is -2.25. The molecule has 0 aliphatic carbocycles. The largest absolute Gasteiger partial charge is 0.465 e. The number of hydrogen-bond donors (Lipinski definition) is 0. The van der Waals surface area contributed by atoms with Crippen LogP contribution in [-0.4, -0.2) is 19.0 Å². The van der Waals surface area contributed by atoms with E-state index in [-0.39, 0.29) is 15.8 Å². The Kier molecular flexibility index (Phi) is 4.52. The molecule has 0 bridgehead atoms. The number of carbonyl (C=O) groups is 2. The Morgan fingerprint density at radius 1 is 1.25 bits per heavy atom. The van der Waals surface area contributed by atoms with E-state index in [0.717, 1.165) is 10.5 Å². The molecule has 1 heterocycles. The standard InChI is InChI=1S/C13H8BrCl2NO3/c1-20-13(19)9-6-10(18)17(11(9)12(15)16)8-4-2-7(14)3-5-8/h2-6H,1H3. The molecule has 0 saturated heterocycles. The van der Waals surface area contributed by atoms with Crippen molar-refractivity contribution in [2.45, 2.75) is 0 Å². The number of carbonyl (C=O) groups excluding carboxylic acids is 2. The average Bonchev–Trinajstić information content (AvgIpc) is 2.76. The topological polar surface area (TPSA) is 46.6 Å². The Labute approximate surface area is 133 Å². The number of esters is 1. The highest BCUT2D eigenvalue weighted by Gasteiger charge is 2.35. The van der Waals surface area contributed by atoms with Crippen LogP contribution in [0.5, 0.6) is 0 Å². The lowest BCUT2D eigenvalue weighted by Gasteiger charge is -2.19. The lowest BCUT2D eigenvalue weighted by atomic mass is 10.2. The minimum absolute atomic E-state index is 0.0282. The quantitative estimate of drug-likeness (QED) is 0.741. The monoisotopic (exact) mass is 375 g/mol. The fraction of sp³-hybridized carbons (Fsp3) is 0.0769. The highest BCUT2D eigenvalue weighted by Crippen LogP contribution is 2.35. The number of anilines is 1. The van der Waals surface area contributed by atoms with E-state index in [1.54, 1.807) is 24.3 Å². The zero-order chi connectivity index (χ0) is 14.9. The summed E-state index contributed by atoms with van der Waals surface area (Å²) >= 11 is 14.9. The van der Waals surface area contributed by atoms with Crippen LogP contribution in [-0.2, 0) is 14.3 Å². The predicted molar refractivity (Wildman–Crippen MR) is 80.5 cm³/mol. The van der Waals surface area contributed by atoms with E-state index >= 15 is 0 Å². The third-order valence-electron chi connectivity index (χ3n) is 2.64. The number of methoxy groups -OCH3 is 1. The molecule has 4 nitrogen and oxygen atoms in total. The van der Waals surface area contributed by atoms with Gasteiger partial charge in [0.1, 0.15) is 4.49 Å². The zero-order valence-electron chi connectivity index (χ0n) is 10.2. The molecule has 0 fully saturated rings. The maximum absolute atomic E-state index is 12.1. The normalized spacial score (nSPS) is 14.4. The second-order valence-electron chi connectivity index (χ2n) is 3.81. The number of hydrogen-bond acceptors (Lipinski definition) is 3. The van der Waals surface area contributed by atoms with Crippen molar-refractivity contribution in [2.75, 3.05) is 12.0 Å². The first-order chi connectivity index (χ1) is 9.45. The Morgan fingerprint density at radius 2 is 1.85 bits per heavy atom. The number of halogens is 3. The molecule has 2 rings (SSSR count). The summed E-state index contributed by atoms with van der Waals surface area (Å²) in [4.78, 5) is 25.0. The van der Waals surface area contributed by atoms with Crippen molar-refractivity contribution >= 4 is 56.7 Å². The van der Waals surface area contributed by atoms with Crippen LogP contribution in [0.25, 0.3) is 0 Å². The van der Waals surface area contributed by atoms with Gasteiger partial charge in [0.25, 0.3) is 5.91 Å². The molecule has 1 aromatic carbocycles. The smallest absolute Gasteiger partial charge is 0.340 e. The van der Waals surface area contributed by atoms with Gasteiger partial charge in [0.15, 0.2) is 0 Å². The SMILES string of the molecule is COC(=O)C1=CC(=O)N(c2ccc(Br)cc2)C1=C(Cl)Cl. The number of rotatable bonds is 2. The van der Waals surface area contributed by atoms with Gasteiger partial charge < -0.3 is 4.74 Å². The predicted octanol–water partition coefficient (Wildman–Crippen LogP) is 3.54. The first-order valence-electron chi connectivity index (χ1n) is 5.41. The van der Waals surface area contributed by atoms with Crippen LogP contribution in [0.15, 0.2) is 50.6 Å². The maximum atomic E-state index is 12.1. The van der Waals surface area contributed by atoms with Crippen molar-refractivity contribution in [1.82, 2.24) is 0 Å². The number of ether oxygens (including phenoxy) is 1. The van der Waals surface area contributed by atoms with Crippen molar-refractivity contribution in [3.05, 3.63) is 50.6 Å². The Balaban J connectivity index is 2.51. The molecule has 104 valence electrons. The minimum Gasteiger partial charge on any atom is -0.465 e. The van der Waals surface area contributed by atoms with Gasteiger partial charge in [-0.3, -0.25) is 9.69 Å². The van der Waals surface area contributed by atoms with E-state index in [9.17, 15) is 9.59 Å². The second-order valence-corrected chi connectivity index (χ2v) is 5.67. The molecule has 1 aliphatic rings. The van der Waals surface area contributed by atoms with Gasteiger partial charge in [-0.25, -0.2) is 4.79 Å². The summed E-state index contributed by atoms with van der Waals surface area (Å²) in [7, 11) is 1.22. The summed E-state index contributed by atoms with van der Waals surface area (Å²) in [6.07, 6.45) is 1.15. The van der Waals surface area contributed by atoms with Crippen molar-refractivity contribution < 1.29 is 14.3 Å². The van der Waals surface area contributed by atoms with E-state index < -0.39 is 11.9 Å². The van der Waals surface area contributed by atoms with Crippen LogP contribution in [0, 0.1) is 0 Å². The van der Waals surface area contributed by atoms with Crippen molar-refractivity contribution in [1.29, 1.82) is 0 Å². The van der Waals surface area contributed by atoms with Gasteiger partial charge in [0.05, 0.1) is 18.4 Å². The first-order valence-corrected chi connectivity index (χ1v) is 6.96. The summed E-state index contributed by atoms with van der Waals surface area (Å²) in [5, 5.41) is 0. The Morgan fingerprint density at radius 3 is 2.35 bits per heavy atom. The number of nitrogens with zero attached hydrogens (tertiary/aromatic N) is 1. The van der Waals surface area contributed by atoms with Gasteiger partial charge in [-0.2, -0.15) is 0 Å². The van der Waals surface area contributed by atoms with E-state index in [1.165, 1.54) is 12.0 Å². The summed E-state index contributed by atoms with van der Waals surface area (Å²) in [5.74, 6) is -1.09. The molecule has 0 atom stereocenters.